The number of nitrogens with zero attached hydrogens (tertiary/aromatic N) is 3. The SMILES string of the molecule is Cn1nc(-c2ccc(F)cc2)cc1C(=O)NCC1CCN(C(=O)c2ccoc2)CC1. The van der Waals surface area contributed by atoms with E-state index in [1.807, 2.05) is 4.90 Å². The molecule has 1 fully saturated rings. The largest absolute Gasteiger partial charge is 0.472 e. The summed E-state index contributed by atoms with van der Waals surface area (Å²) in [7, 11) is 1.71. The normalized spacial score (nSPS) is 14.7. The number of aryl methyl sites for hydroxylation is 1. The second kappa shape index (κ2) is 8.52. The number of piperidine rings is 1. The quantitative estimate of drug-likeness (QED) is 0.701. The summed E-state index contributed by atoms with van der Waals surface area (Å²) in [6.45, 7) is 1.86. The molecule has 3 aromatic rings. The minimum absolute atomic E-state index is 0.0190. The van der Waals surface area contributed by atoms with Gasteiger partial charge in [-0.25, -0.2) is 4.39 Å². The molecule has 0 radical (unpaired) electrons. The van der Waals surface area contributed by atoms with Crippen LogP contribution >= 0.6 is 0 Å². The van der Waals surface area contributed by atoms with Gasteiger partial charge in [0.1, 0.15) is 17.8 Å². The Morgan fingerprint density at radius 1 is 1.20 bits per heavy atom. The standard InChI is InChI=1S/C22H23FN4O3/c1-26-20(12-19(25-26)16-2-4-18(23)5-3-16)21(28)24-13-15-6-9-27(10-7-15)22(29)17-8-11-30-14-17/h2-5,8,11-12,14-15H,6-7,9-10,13H2,1H3,(H,24,28). The van der Waals surface area contributed by atoms with Gasteiger partial charge in [0.2, 0.25) is 0 Å². The third kappa shape index (κ3) is 4.27. The predicted molar refractivity (Wildman–Crippen MR) is 108 cm³/mol. The smallest absolute Gasteiger partial charge is 0.269 e. The van der Waals surface area contributed by atoms with Gasteiger partial charge in [0.25, 0.3) is 11.8 Å². The Kier molecular flexibility index (Phi) is 5.65. The zero-order valence-corrected chi connectivity index (χ0v) is 16.7. The van der Waals surface area contributed by atoms with Crippen LogP contribution in [0, 0.1) is 11.7 Å². The number of likely N-dealkylation sites (tertiary alicyclic amines) is 1. The van der Waals surface area contributed by atoms with Gasteiger partial charge in [0.15, 0.2) is 0 Å². The fraction of sp³-hybridized carbons (Fsp3) is 0.318. The minimum atomic E-state index is -0.315. The van der Waals surface area contributed by atoms with E-state index < -0.39 is 0 Å². The number of halogens is 1. The molecular formula is C22H23FN4O3. The molecule has 1 saturated heterocycles. The number of furan rings is 1. The molecule has 0 atom stereocenters. The topological polar surface area (TPSA) is 80.4 Å². The number of nitrogens with one attached hydrogen (secondary N) is 1. The molecule has 3 heterocycles. The number of hydrogen-bond acceptors (Lipinski definition) is 4. The number of carbonyl (C=O) groups is 2. The Bertz CT molecular complexity index is 1020. The Morgan fingerprint density at radius 3 is 2.60 bits per heavy atom. The summed E-state index contributed by atoms with van der Waals surface area (Å²) in [4.78, 5) is 26.8. The maximum Gasteiger partial charge on any atom is 0.269 e. The highest BCUT2D eigenvalue weighted by Gasteiger charge is 2.25. The lowest BCUT2D eigenvalue weighted by Crippen LogP contribution is -2.41. The molecule has 0 aliphatic carbocycles. The molecule has 1 N–H and O–H groups in total. The summed E-state index contributed by atoms with van der Waals surface area (Å²) in [5.41, 5.74) is 2.38. The number of amides is 2. The molecule has 1 aliphatic heterocycles. The third-order valence-corrected chi connectivity index (χ3v) is 5.47. The zero-order chi connectivity index (χ0) is 21.1. The monoisotopic (exact) mass is 410 g/mol. The van der Waals surface area contributed by atoms with Gasteiger partial charge in [0.05, 0.1) is 17.5 Å². The van der Waals surface area contributed by atoms with E-state index >= 15 is 0 Å². The fourth-order valence-corrected chi connectivity index (χ4v) is 3.68. The van der Waals surface area contributed by atoms with Gasteiger partial charge >= 0.3 is 0 Å². The van der Waals surface area contributed by atoms with Crippen molar-refractivity contribution in [2.45, 2.75) is 12.8 Å². The van der Waals surface area contributed by atoms with Crippen LogP contribution in [-0.2, 0) is 7.05 Å². The van der Waals surface area contributed by atoms with E-state index in [2.05, 4.69) is 10.4 Å². The maximum atomic E-state index is 13.1. The van der Waals surface area contributed by atoms with E-state index in [1.165, 1.54) is 29.3 Å². The van der Waals surface area contributed by atoms with Crippen LogP contribution in [0.2, 0.25) is 0 Å². The first-order valence-electron chi connectivity index (χ1n) is 9.91. The molecule has 0 spiro atoms. The highest BCUT2D eigenvalue weighted by molar-refractivity contribution is 5.94. The van der Waals surface area contributed by atoms with E-state index in [0.29, 0.717) is 42.5 Å². The Hall–Kier alpha value is -3.42. The van der Waals surface area contributed by atoms with Gasteiger partial charge in [-0.05, 0) is 55.2 Å². The summed E-state index contributed by atoms with van der Waals surface area (Å²) in [5.74, 6) is -0.220. The zero-order valence-electron chi connectivity index (χ0n) is 16.7. The number of aromatic nitrogens is 2. The van der Waals surface area contributed by atoms with E-state index in [9.17, 15) is 14.0 Å². The third-order valence-electron chi connectivity index (χ3n) is 5.47. The molecule has 8 heteroatoms. The van der Waals surface area contributed by atoms with Crippen LogP contribution in [0.5, 0.6) is 0 Å². The van der Waals surface area contributed by atoms with Crippen LogP contribution in [0.3, 0.4) is 0 Å². The van der Waals surface area contributed by atoms with Gasteiger partial charge < -0.3 is 14.6 Å². The highest BCUT2D eigenvalue weighted by atomic mass is 19.1. The molecule has 1 aromatic carbocycles. The second-order valence-corrected chi connectivity index (χ2v) is 7.50. The first-order chi connectivity index (χ1) is 14.5. The fourth-order valence-electron chi connectivity index (χ4n) is 3.68. The highest BCUT2D eigenvalue weighted by Crippen LogP contribution is 2.21. The van der Waals surface area contributed by atoms with Crippen molar-refractivity contribution in [3.8, 4) is 11.3 Å². The summed E-state index contributed by atoms with van der Waals surface area (Å²) in [6, 6.07) is 9.38. The first kappa shape index (κ1) is 19.9. The molecular weight excluding hydrogens is 387 g/mol. The van der Waals surface area contributed by atoms with Crippen LogP contribution in [0.15, 0.2) is 53.3 Å². The van der Waals surface area contributed by atoms with Gasteiger partial charge in [-0.2, -0.15) is 5.10 Å². The van der Waals surface area contributed by atoms with Crippen molar-refractivity contribution in [1.82, 2.24) is 20.0 Å². The van der Waals surface area contributed by atoms with Crippen molar-refractivity contribution in [3.63, 3.8) is 0 Å². The number of rotatable bonds is 5. The summed E-state index contributed by atoms with van der Waals surface area (Å²) in [5, 5.41) is 7.34. The van der Waals surface area contributed by atoms with Crippen molar-refractivity contribution in [2.24, 2.45) is 13.0 Å². The number of benzene rings is 1. The van der Waals surface area contributed by atoms with Gasteiger partial charge in [0, 0.05) is 32.2 Å². The predicted octanol–water partition coefficient (Wildman–Crippen LogP) is 3.10. The molecule has 4 rings (SSSR count). The summed E-state index contributed by atoms with van der Waals surface area (Å²) < 4.78 is 19.6. The van der Waals surface area contributed by atoms with E-state index in [-0.39, 0.29) is 17.6 Å². The van der Waals surface area contributed by atoms with Crippen LogP contribution in [0.25, 0.3) is 11.3 Å². The average Bonchev–Trinajstić information content (AvgIpc) is 3.42. The molecule has 0 unspecified atom stereocenters. The van der Waals surface area contributed by atoms with Crippen molar-refractivity contribution < 1.29 is 18.4 Å². The van der Waals surface area contributed by atoms with E-state index in [0.717, 1.165) is 18.4 Å². The van der Waals surface area contributed by atoms with Crippen LogP contribution in [0.4, 0.5) is 4.39 Å². The van der Waals surface area contributed by atoms with Crippen LogP contribution in [-0.4, -0.2) is 46.1 Å². The van der Waals surface area contributed by atoms with Gasteiger partial charge in [-0.1, -0.05) is 0 Å². The first-order valence-corrected chi connectivity index (χ1v) is 9.91. The van der Waals surface area contributed by atoms with E-state index in [4.69, 9.17) is 4.42 Å². The van der Waals surface area contributed by atoms with Crippen molar-refractivity contribution in [2.75, 3.05) is 19.6 Å². The summed E-state index contributed by atoms with van der Waals surface area (Å²) in [6.07, 6.45) is 4.62. The molecule has 0 bridgehead atoms. The molecule has 30 heavy (non-hydrogen) atoms. The van der Waals surface area contributed by atoms with Crippen molar-refractivity contribution >= 4 is 11.8 Å². The van der Waals surface area contributed by atoms with Crippen LogP contribution < -0.4 is 5.32 Å². The molecule has 156 valence electrons. The van der Waals surface area contributed by atoms with E-state index in [1.54, 1.807) is 31.3 Å². The lowest BCUT2D eigenvalue weighted by molar-refractivity contribution is 0.0683. The Morgan fingerprint density at radius 2 is 1.93 bits per heavy atom. The molecule has 1 aliphatic rings. The molecule has 7 nitrogen and oxygen atoms in total. The lowest BCUT2D eigenvalue weighted by Gasteiger charge is -2.31. The van der Waals surface area contributed by atoms with Crippen LogP contribution in [0.1, 0.15) is 33.7 Å². The minimum Gasteiger partial charge on any atom is -0.472 e. The van der Waals surface area contributed by atoms with Crippen molar-refractivity contribution in [3.05, 3.63) is 66.0 Å². The number of hydrogen-bond donors (Lipinski definition) is 1. The average molecular weight is 410 g/mol. The Labute approximate surface area is 173 Å². The molecule has 0 saturated carbocycles. The van der Waals surface area contributed by atoms with Gasteiger partial charge in [-0.15, -0.1) is 0 Å². The second-order valence-electron chi connectivity index (χ2n) is 7.50. The maximum absolute atomic E-state index is 13.1. The summed E-state index contributed by atoms with van der Waals surface area (Å²) >= 11 is 0. The molecule has 2 aromatic heterocycles. The van der Waals surface area contributed by atoms with Crippen molar-refractivity contribution in [1.29, 1.82) is 0 Å². The van der Waals surface area contributed by atoms with Gasteiger partial charge in [-0.3, -0.25) is 14.3 Å². The Balaban J connectivity index is 1.30. The lowest BCUT2D eigenvalue weighted by atomic mass is 9.96. The molecule has 2 amide bonds. The number of carbonyl (C=O) groups excluding carboxylic acids is 2.